The highest BCUT2D eigenvalue weighted by molar-refractivity contribution is 7.98. The van der Waals surface area contributed by atoms with Crippen LogP contribution in [-0.4, -0.2) is 29.9 Å². The van der Waals surface area contributed by atoms with E-state index in [4.69, 9.17) is 4.99 Å². The Hall–Kier alpha value is -2.66. The first kappa shape index (κ1) is 20.6. The number of aromatic nitrogens is 1. The summed E-state index contributed by atoms with van der Waals surface area (Å²) in [5.41, 5.74) is 3.75. The van der Waals surface area contributed by atoms with Gasteiger partial charge in [0, 0.05) is 17.1 Å². The minimum absolute atomic E-state index is 0.397. The Balaban J connectivity index is 1.65. The predicted molar refractivity (Wildman–Crippen MR) is 127 cm³/mol. The van der Waals surface area contributed by atoms with E-state index in [9.17, 15) is 4.79 Å². The maximum absolute atomic E-state index is 11.9. The number of fused-ring (bicyclic) bond motifs is 1. The normalized spacial score (nSPS) is 15.0. The smallest absolute Gasteiger partial charge is 0.152 e. The van der Waals surface area contributed by atoms with Crippen molar-refractivity contribution in [3.63, 3.8) is 0 Å². The molecule has 2 aromatic carbocycles. The number of aldehydes is 1. The van der Waals surface area contributed by atoms with E-state index in [0.717, 1.165) is 58.2 Å². The fourth-order valence-electron chi connectivity index (χ4n) is 4.17. The molecule has 1 aliphatic carbocycles. The zero-order valence-electron chi connectivity index (χ0n) is 17.3. The average molecular weight is 418 g/mol. The average Bonchev–Trinajstić information content (AvgIpc) is 2.81. The van der Waals surface area contributed by atoms with Crippen LogP contribution in [0.3, 0.4) is 0 Å². The Labute approximate surface area is 182 Å². The highest BCUT2D eigenvalue weighted by Crippen LogP contribution is 2.31. The summed E-state index contributed by atoms with van der Waals surface area (Å²) in [4.78, 5) is 21.1. The van der Waals surface area contributed by atoms with Gasteiger partial charge in [-0.05, 0) is 54.2 Å². The number of carbonyl (C=O) groups excluding carboxylic acids is 1. The molecule has 3 aromatic rings. The van der Waals surface area contributed by atoms with Gasteiger partial charge in [0.1, 0.15) is 0 Å². The number of nitrogens with zero attached hydrogens (tertiary/aromatic N) is 2. The predicted octanol–water partition coefficient (Wildman–Crippen LogP) is 6.13. The van der Waals surface area contributed by atoms with Gasteiger partial charge in [-0.1, -0.05) is 49.6 Å². The maximum atomic E-state index is 11.9. The molecule has 0 bridgehead atoms. The van der Waals surface area contributed by atoms with Gasteiger partial charge in [0.25, 0.3) is 0 Å². The Morgan fingerprint density at radius 1 is 1.13 bits per heavy atom. The lowest BCUT2D eigenvalue weighted by atomic mass is 9.95. The van der Waals surface area contributed by atoms with Crippen molar-refractivity contribution >= 4 is 40.8 Å². The molecule has 1 saturated carbocycles. The van der Waals surface area contributed by atoms with E-state index >= 15 is 0 Å². The Kier molecular flexibility index (Phi) is 6.80. The molecule has 1 heterocycles. The highest BCUT2D eigenvalue weighted by atomic mass is 32.2. The Morgan fingerprint density at radius 2 is 1.93 bits per heavy atom. The van der Waals surface area contributed by atoms with Crippen molar-refractivity contribution in [3.05, 3.63) is 65.4 Å². The summed E-state index contributed by atoms with van der Waals surface area (Å²) >= 11 is 1.63. The SMILES string of the molecule is CSc1ccc(Cc2cc(C=O)c(NC=NC3CCCCC3)c3ccccc23)cn1. The summed E-state index contributed by atoms with van der Waals surface area (Å²) < 4.78 is 0. The summed E-state index contributed by atoms with van der Waals surface area (Å²) in [6.45, 7) is 0. The first-order chi connectivity index (χ1) is 14.8. The third kappa shape index (κ3) is 4.73. The van der Waals surface area contributed by atoms with E-state index in [-0.39, 0.29) is 0 Å². The summed E-state index contributed by atoms with van der Waals surface area (Å²) in [5.74, 6) is 0. The van der Waals surface area contributed by atoms with E-state index in [1.54, 1.807) is 18.1 Å². The van der Waals surface area contributed by atoms with Gasteiger partial charge in [-0.2, -0.15) is 0 Å². The van der Waals surface area contributed by atoms with Crippen molar-refractivity contribution in [2.24, 2.45) is 4.99 Å². The molecule has 0 spiro atoms. The van der Waals surface area contributed by atoms with Gasteiger partial charge in [0.2, 0.25) is 0 Å². The lowest BCUT2D eigenvalue weighted by Gasteiger charge is -2.18. The molecule has 154 valence electrons. The van der Waals surface area contributed by atoms with Crippen LogP contribution < -0.4 is 5.32 Å². The molecule has 0 unspecified atom stereocenters. The molecular formula is C25H27N3OS. The van der Waals surface area contributed by atoms with E-state index < -0.39 is 0 Å². The number of aliphatic imine (C=N–C) groups is 1. The topological polar surface area (TPSA) is 54.4 Å². The molecule has 0 aliphatic heterocycles. The largest absolute Gasteiger partial charge is 0.346 e. The Bertz CT molecular complexity index is 1040. The number of nitrogens with one attached hydrogen (secondary N) is 1. The molecule has 30 heavy (non-hydrogen) atoms. The maximum Gasteiger partial charge on any atom is 0.152 e. The van der Waals surface area contributed by atoms with Crippen LogP contribution in [0.15, 0.2) is 58.7 Å². The molecule has 0 radical (unpaired) electrons. The van der Waals surface area contributed by atoms with Gasteiger partial charge in [0.15, 0.2) is 6.29 Å². The van der Waals surface area contributed by atoms with Crippen LogP contribution in [0.2, 0.25) is 0 Å². The quantitative estimate of drug-likeness (QED) is 0.217. The molecule has 5 heteroatoms. The monoisotopic (exact) mass is 417 g/mol. The van der Waals surface area contributed by atoms with Gasteiger partial charge in [0.05, 0.1) is 23.1 Å². The number of hydrogen-bond donors (Lipinski definition) is 1. The number of rotatable bonds is 7. The summed E-state index contributed by atoms with van der Waals surface area (Å²) in [7, 11) is 0. The molecule has 0 atom stereocenters. The summed E-state index contributed by atoms with van der Waals surface area (Å²) in [5, 5.41) is 6.52. The standard InChI is InChI=1S/C25H27N3OS/c1-30-24-12-11-18(15-26-24)13-19-14-20(16-29)25(23-10-6-5-9-22(19)23)28-17-27-21-7-3-2-4-8-21/h5-6,9-12,14-17,21H,2-4,7-8,13H2,1H3,(H,27,28). The zero-order valence-corrected chi connectivity index (χ0v) is 18.1. The highest BCUT2D eigenvalue weighted by Gasteiger charge is 2.13. The number of pyridine rings is 1. The minimum Gasteiger partial charge on any atom is -0.346 e. The first-order valence-corrected chi connectivity index (χ1v) is 11.8. The number of carbonyl (C=O) groups is 1. The van der Waals surface area contributed by atoms with Gasteiger partial charge in [-0.15, -0.1) is 11.8 Å². The molecule has 1 fully saturated rings. The van der Waals surface area contributed by atoms with Gasteiger partial charge < -0.3 is 5.32 Å². The fourth-order valence-corrected chi connectivity index (χ4v) is 4.53. The van der Waals surface area contributed by atoms with Crippen molar-refractivity contribution in [1.29, 1.82) is 0 Å². The fraction of sp³-hybridized carbons (Fsp3) is 0.320. The van der Waals surface area contributed by atoms with Crippen molar-refractivity contribution in [1.82, 2.24) is 4.98 Å². The van der Waals surface area contributed by atoms with E-state index in [2.05, 4.69) is 28.5 Å². The van der Waals surface area contributed by atoms with Crippen LogP contribution in [0.25, 0.3) is 10.8 Å². The van der Waals surface area contributed by atoms with Gasteiger partial charge >= 0.3 is 0 Å². The van der Waals surface area contributed by atoms with E-state index in [1.807, 2.05) is 36.7 Å². The lowest BCUT2D eigenvalue weighted by Crippen LogP contribution is -2.11. The minimum atomic E-state index is 0.397. The lowest BCUT2D eigenvalue weighted by molar-refractivity contribution is 0.112. The molecule has 1 aromatic heterocycles. The van der Waals surface area contributed by atoms with Crippen molar-refractivity contribution in [2.45, 2.75) is 49.6 Å². The molecule has 0 saturated heterocycles. The zero-order chi connectivity index (χ0) is 20.8. The van der Waals surface area contributed by atoms with Crippen molar-refractivity contribution < 1.29 is 4.79 Å². The molecular weight excluding hydrogens is 390 g/mol. The second kappa shape index (κ2) is 9.90. The van der Waals surface area contributed by atoms with Crippen LogP contribution in [0.5, 0.6) is 0 Å². The van der Waals surface area contributed by atoms with Crippen LogP contribution in [0.4, 0.5) is 5.69 Å². The van der Waals surface area contributed by atoms with Crippen LogP contribution in [0.1, 0.15) is 53.6 Å². The van der Waals surface area contributed by atoms with Crippen molar-refractivity contribution in [2.75, 3.05) is 11.6 Å². The molecule has 4 nitrogen and oxygen atoms in total. The van der Waals surface area contributed by atoms with E-state index in [0.29, 0.717) is 11.6 Å². The number of benzene rings is 2. The second-order valence-electron chi connectivity index (χ2n) is 7.76. The summed E-state index contributed by atoms with van der Waals surface area (Å²) in [6, 6.07) is 14.8. The second-order valence-corrected chi connectivity index (χ2v) is 8.59. The summed E-state index contributed by atoms with van der Waals surface area (Å²) in [6.07, 6.45) is 13.5. The van der Waals surface area contributed by atoms with Gasteiger partial charge in [-0.25, -0.2) is 4.98 Å². The van der Waals surface area contributed by atoms with E-state index in [1.165, 1.54) is 19.3 Å². The molecule has 4 rings (SSSR count). The number of hydrogen-bond acceptors (Lipinski definition) is 4. The molecule has 0 amide bonds. The molecule has 1 aliphatic rings. The third-order valence-electron chi connectivity index (χ3n) is 5.76. The third-order valence-corrected chi connectivity index (χ3v) is 6.42. The van der Waals surface area contributed by atoms with Gasteiger partial charge in [-0.3, -0.25) is 9.79 Å². The van der Waals surface area contributed by atoms with Crippen molar-refractivity contribution in [3.8, 4) is 0 Å². The Morgan fingerprint density at radius 3 is 2.63 bits per heavy atom. The van der Waals surface area contributed by atoms with Crippen LogP contribution in [0, 0.1) is 0 Å². The first-order valence-electron chi connectivity index (χ1n) is 10.6. The van der Waals surface area contributed by atoms with Crippen LogP contribution in [-0.2, 0) is 6.42 Å². The molecule has 1 N–H and O–H groups in total. The number of thioether (sulfide) groups is 1. The number of anilines is 1. The van der Waals surface area contributed by atoms with Crippen LogP contribution >= 0.6 is 11.8 Å².